The molecule has 1 heterocycles. The van der Waals surface area contributed by atoms with Crippen LogP contribution in [0.15, 0.2) is 97.3 Å². The molecule has 3 aromatic carbocycles. The van der Waals surface area contributed by atoms with Crippen LogP contribution < -0.4 is 10.6 Å². The number of aromatic nitrogens is 1. The second-order valence-corrected chi connectivity index (χ2v) is 8.03. The summed E-state index contributed by atoms with van der Waals surface area (Å²) in [5, 5.41) is 15.9. The Labute approximate surface area is 207 Å². The number of rotatable bonds is 7. The predicted molar refractivity (Wildman–Crippen MR) is 133 cm³/mol. The molecule has 4 rings (SSSR count). The Hall–Kier alpha value is -4.36. The summed E-state index contributed by atoms with van der Waals surface area (Å²) in [4.78, 5) is 29.2. The van der Waals surface area contributed by atoms with Crippen LogP contribution in [0.4, 0.5) is 10.5 Å². The summed E-state index contributed by atoms with van der Waals surface area (Å²) < 4.78 is 5.36. The van der Waals surface area contributed by atoms with Gasteiger partial charge in [0, 0.05) is 23.5 Å². The van der Waals surface area contributed by atoms with Crippen molar-refractivity contribution in [2.45, 2.75) is 12.6 Å². The Bertz CT molecular complexity index is 1310. The number of alkyl carbamates (subject to hydrolysis) is 1. The van der Waals surface area contributed by atoms with Crippen LogP contribution in [0.5, 0.6) is 5.75 Å². The highest BCUT2D eigenvalue weighted by molar-refractivity contribution is 6.31. The summed E-state index contributed by atoms with van der Waals surface area (Å²) in [7, 11) is 0. The molecule has 0 saturated carbocycles. The molecule has 0 spiro atoms. The van der Waals surface area contributed by atoms with Crippen LogP contribution >= 0.6 is 11.6 Å². The number of hydrogen-bond acceptors (Lipinski definition) is 5. The first kappa shape index (κ1) is 23.8. The number of pyridine rings is 1. The van der Waals surface area contributed by atoms with E-state index in [1.165, 1.54) is 6.07 Å². The van der Waals surface area contributed by atoms with Gasteiger partial charge < -0.3 is 20.5 Å². The van der Waals surface area contributed by atoms with E-state index in [-0.39, 0.29) is 18.3 Å². The van der Waals surface area contributed by atoms with E-state index in [1.807, 2.05) is 30.3 Å². The van der Waals surface area contributed by atoms with E-state index in [0.29, 0.717) is 21.8 Å². The zero-order valence-electron chi connectivity index (χ0n) is 18.5. The number of ether oxygens (including phenoxy) is 1. The number of amides is 2. The normalized spacial score (nSPS) is 11.3. The number of anilines is 1. The molecule has 0 aliphatic heterocycles. The lowest BCUT2D eigenvalue weighted by Gasteiger charge is -2.20. The lowest BCUT2D eigenvalue weighted by atomic mass is 9.97. The molecular formula is C27H22ClN3O4. The van der Waals surface area contributed by atoms with Crippen LogP contribution in [0.25, 0.3) is 0 Å². The van der Waals surface area contributed by atoms with Gasteiger partial charge in [0.25, 0.3) is 5.91 Å². The Balaban J connectivity index is 1.49. The average molecular weight is 488 g/mol. The third-order valence-electron chi connectivity index (χ3n) is 5.26. The number of halogens is 1. The van der Waals surface area contributed by atoms with Gasteiger partial charge in [0.2, 0.25) is 0 Å². The largest absolute Gasteiger partial charge is 0.506 e. The standard InChI is InChI=1S/C27H22ClN3O4/c28-22-14-15-29-16-21(22)17-35-27(34)31-25(18-6-2-1-3-7-18)19-10-12-20(13-11-19)26(33)30-23-8-4-5-9-24(23)32/h1-16,25,32H,17H2,(H,30,33)(H,31,34)/t25-/m0/s1. The third-order valence-corrected chi connectivity index (χ3v) is 5.63. The molecule has 3 N–H and O–H groups in total. The minimum atomic E-state index is -0.625. The summed E-state index contributed by atoms with van der Waals surface area (Å²) >= 11 is 6.11. The first-order valence-electron chi connectivity index (χ1n) is 10.8. The zero-order valence-corrected chi connectivity index (χ0v) is 19.3. The summed E-state index contributed by atoms with van der Waals surface area (Å²) in [6.45, 7) is -0.0224. The lowest BCUT2D eigenvalue weighted by molar-refractivity contribution is 0.102. The van der Waals surface area contributed by atoms with Crippen molar-refractivity contribution in [3.63, 3.8) is 0 Å². The maximum Gasteiger partial charge on any atom is 0.408 e. The average Bonchev–Trinajstić information content (AvgIpc) is 2.89. The molecule has 4 aromatic rings. The Morgan fingerprint density at radius 3 is 2.31 bits per heavy atom. The van der Waals surface area contributed by atoms with Gasteiger partial charge in [0.1, 0.15) is 12.4 Å². The van der Waals surface area contributed by atoms with Crippen molar-refractivity contribution in [1.29, 1.82) is 0 Å². The van der Waals surface area contributed by atoms with Gasteiger partial charge in [0.15, 0.2) is 0 Å². The fourth-order valence-electron chi connectivity index (χ4n) is 3.42. The highest BCUT2D eigenvalue weighted by atomic mass is 35.5. The van der Waals surface area contributed by atoms with Crippen molar-refractivity contribution in [3.05, 3.63) is 125 Å². The number of nitrogens with one attached hydrogen (secondary N) is 2. The van der Waals surface area contributed by atoms with Gasteiger partial charge in [-0.2, -0.15) is 0 Å². The minimum absolute atomic E-state index is 0.0168. The van der Waals surface area contributed by atoms with Gasteiger partial charge in [-0.05, 0) is 41.5 Å². The first-order chi connectivity index (χ1) is 17.0. The lowest BCUT2D eigenvalue weighted by Crippen LogP contribution is -2.30. The number of benzene rings is 3. The molecule has 0 aliphatic rings. The fraction of sp³-hybridized carbons (Fsp3) is 0.0741. The van der Waals surface area contributed by atoms with Crippen molar-refractivity contribution < 1.29 is 19.4 Å². The summed E-state index contributed by atoms with van der Waals surface area (Å²) in [6, 6.07) is 23.9. The molecule has 35 heavy (non-hydrogen) atoms. The molecule has 1 aromatic heterocycles. The van der Waals surface area contributed by atoms with Crippen molar-refractivity contribution in [1.82, 2.24) is 10.3 Å². The van der Waals surface area contributed by atoms with Crippen LogP contribution in [-0.4, -0.2) is 22.1 Å². The predicted octanol–water partition coefficient (Wildman–Crippen LogP) is 5.71. The monoisotopic (exact) mass is 487 g/mol. The van der Waals surface area contributed by atoms with Gasteiger partial charge in [-0.1, -0.05) is 66.2 Å². The van der Waals surface area contributed by atoms with Crippen molar-refractivity contribution in [2.24, 2.45) is 0 Å². The fourth-order valence-corrected chi connectivity index (χ4v) is 3.58. The molecule has 1 atom stereocenters. The van der Waals surface area contributed by atoms with Crippen LogP contribution in [-0.2, 0) is 11.3 Å². The number of carbonyl (C=O) groups is 2. The zero-order chi connectivity index (χ0) is 24.6. The maximum absolute atomic E-state index is 12.6. The summed E-state index contributed by atoms with van der Waals surface area (Å²) in [6.07, 6.45) is 2.48. The van der Waals surface area contributed by atoms with Crippen LogP contribution in [0.1, 0.15) is 33.1 Å². The minimum Gasteiger partial charge on any atom is -0.506 e. The van der Waals surface area contributed by atoms with E-state index in [9.17, 15) is 14.7 Å². The molecule has 0 saturated heterocycles. The quantitative estimate of drug-likeness (QED) is 0.290. The van der Waals surface area contributed by atoms with Gasteiger partial charge >= 0.3 is 6.09 Å². The molecule has 0 bridgehead atoms. The molecule has 0 unspecified atom stereocenters. The van der Waals surface area contributed by atoms with Crippen molar-refractivity contribution in [2.75, 3.05) is 5.32 Å². The third kappa shape index (κ3) is 6.16. The number of phenols is 1. The van der Waals surface area contributed by atoms with Gasteiger partial charge in [0.05, 0.1) is 16.8 Å². The van der Waals surface area contributed by atoms with E-state index >= 15 is 0 Å². The van der Waals surface area contributed by atoms with Crippen LogP contribution in [0.3, 0.4) is 0 Å². The topological polar surface area (TPSA) is 101 Å². The van der Waals surface area contributed by atoms with Crippen LogP contribution in [0.2, 0.25) is 5.02 Å². The number of phenolic OH excluding ortho intramolecular Hbond substituents is 1. The number of hydrogen-bond donors (Lipinski definition) is 3. The molecule has 0 fully saturated rings. The molecule has 0 radical (unpaired) electrons. The maximum atomic E-state index is 12.6. The molecule has 0 aliphatic carbocycles. The smallest absolute Gasteiger partial charge is 0.408 e. The SMILES string of the molecule is O=C(N[C@@H](c1ccccc1)c1ccc(C(=O)Nc2ccccc2O)cc1)OCc1cnccc1Cl. The van der Waals surface area contributed by atoms with Gasteiger partial charge in [-0.15, -0.1) is 0 Å². The number of para-hydroxylation sites is 2. The van der Waals surface area contributed by atoms with Crippen LogP contribution in [0, 0.1) is 0 Å². The second kappa shape index (κ2) is 11.2. The molecule has 7 nitrogen and oxygen atoms in total. The first-order valence-corrected chi connectivity index (χ1v) is 11.1. The molecule has 8 heteroatoms. The van der Waals surface area contributed by atoms with E-state index in [1.54, 1.807) is 60.9 Å². The number of carbonyl (C=O) groups excluding carboxylic acids is 2. The second-order valence-electron chi connectivity index (χ2n) is 7.62. The van der Waals surface area contributed by atoms with E-state index in [0.717, 1.165) is 11.1 Å². The highest BCUT2D eigenvalue weighted by Crippen LogP contribution is 2.25. The van der Waals surface area contributed by atoms with E-state index in [4.69, 9.17) is 16.3 Å². The van der Waals surface area contributed by atoms with Gasteiger partial charge in [-0.3, -0.25) is 9.78 Å². The van der Waals surface area contributed by atoms with Crippen molar-refractivity contribution in [3.8, 4) is 5.75 Å². The molecule has 2 amide bonds. The number of nitrogens with zero attached hydrogens (tertiary/aromatic N) is 1. The summed E-state index contributed by atoms with van der Waals surface area (Å²) in [5.74, 6) is -0.382. The Kier molecular flexibility index (Phi) is 7.60. The Morgan fingerprint density at radius 1 is 0.914 bits per heavy atom. The van der Waals surface area contributed by atoms with E-state index in [2.05, 4.69) is 15.6 Å². The Morgan fingerprint density at radius 2 is 1.60 bits per heavy atom. The molecular weight excluding hydrogens is 466 g/mol. The van der Waals surface area contributed by atoms with E-state index < -0.39 is 12.1 Å². The van der Waals surface area contributed by atoms with Crippen molar-refractivity contribution >= 4 is 29.3 Å². The van der Waals surface area contributed by atoms with Gasteiger partial charge in [-0.25, -0.2) is 4.79 Å². The highest BCUT2D eigenvalue weighted by Gasteiger charge is 2.19. The summed E-state index contributed by atoms with van der Waals surface area (Å²) in [5.41, 5.74) is 2.92. The molecule has 176 valence electrons. The number of aromatic hydroxyl groups is 1.